The van der Waals surface area contributed by atoms with Crippen molar-refractivity contribution in [2.75, 3.05) is 48.9 Å². The summed E-state index contributed by atoms with van der Waals surface area (Å²) in [4.78, 5) is 12.2. The zero-order valence-electron chi connectivity index (χ0n) is 17.8. The molecule has 1 aliphatic heterocycles. The molecule has 0 amide bonds. The third-order valence-corrected chi connectivity index (χ3v) is 5.92. The van der Waals surface area contributed by atoms with Gasteiger partial charge in [0.1, 0.15) is 17.5 Å². The van der Waals surface area contributed by atoms with Crippen LogP contribution in [0, 0.1) is 12.7 Å². The first-order chi connectivity index (χ1) is 15.1. The monoisotopic (exact) mass is 443 g/mol. The van der Waals surface area contributed by atoms with Crippen molar-refractivity contribution in [3.8, 4) is 0 Å². The number of aromatic nitrogens is 4. The summed E-state index contributed by atoms with van der Waals surface area (Å²) in [7, 11) is 1.76. The van der Waals surface area contributed by atoms with Gasteiger partial charge in [0, 0.05) is 43.1 Å². The second-order valence-electron chi connectivity index (χ2n) is 7.17. The summed E-state index contributed by atoms with van der Waals surface area (Å²) >= 11 is 1.21. The molecule has 8 nitrogen and oxygen atoms in total. The van der Waals surface area contributed by atoms with Gasteiger partial charge in [-0.25, -0.2) is 14.4 Å². The maximum atomic E-state index is 14.6. The van der Waals surface area contributed by atoms with Crippen LogP contribution in [0.2, 0.25) is 0 Å². The third-order valence-electron chi connectivity index (χ3n) is 5.00. The van der Waals surface area contributed by atoms with E-state index < -0.39 is 0 Å². The summed E-state index contributed by atoms with van der Waals surface area (Å²) in [6, 6.07) is 6.96. The minimum atomic E-state index is -0.314. The predicted molar refractivity (Wildman–Crippen MR) is 121 cm³/mol. The molecule has 164 valence electrons. The number of halogens is 1. The molecular weight excluding hydrogens is 417 g/mol. The molecule has 0 unspecified atom stereocenters. The van der Waals surface area contributed by atoms with Gasteiger partial charge in [-0.05, 0) is 43.3 Å². The van der Waals surface area contributed by atoms with Crippen molar-refractivity contribution < 1.29 is 9.13 Å². The van der Waals surface area contributed by atoms with E-state index in [4.69, 9.17) is 14.7 Å². The van der Waals surface area contributed by atoms with E-state index in [9.17, 15) is 4.39 Å². The molecule has 0 bridgehead atoms. The van der Waals surface area contributed by atoms with Crippen LogP contribution in [0.15, 0.2) is 34.3 Å². The first kappa shape index (κ1) is 21.4. The average Bonchev–Trinajstić information content (AvgIpc) is 3.20. The van der Waals surface area contributed by atoms with Crippen LogP contribution in [0.25, 0.3) is 0 Å². The first-order valence-corrected chi connectivity index (χ1v) is 11.1. The highest BCUT2D eigenvalue weighted by Crippen LogP contribution is 2.34. The first-order valence-electron chi connectivity index (χ1n) is 10.2. The van der Waals surface area contributed by atoms with Crippen LogP contribution in [0.4, 0.5) is 27.5 Å². The van der Waals surface area contributed by atoms with Crippen LogP contribution in [-0.4, -0.2) is 53.5 Å². The molecule has 10 heteroatoms. The number of nitrogens with zero attached hydrogens (tertiary/aromatic N) is 4. The molecule has 0 aliphatic carbocycles. The van der Waals surface area contributed by atoms with Gasteiger partial charge in [-0.1, -0.05) is 6.92 Å². The van der Waals surface area contributed by atoms with Gasteiger partial charge in [-0.3, -0.25) is 5.10 Å². The number of anilines is 4. The van der Waals surface area contributed by atoms with Gasteiger partial charge in [0.05, 0.1) is 18.1 Å². The molecule has 3 heterocycles. The molecular formula is C21H26FN7OS. The molecule has 4 rings (SSSR count). The maximum Gasteiger partial charge on any atom is 0.196 e. The van der Waals surface area contributed by atoms with Crippen molar-refractivity contribution in [1.29, 1.82) is 0 Å². The lowest BCUT2D eigenvalue weighted by Gasteiger charge is -2.30. The van der Waals surface area contributed by atoms with Crippen molar-refractivity contribution in [1.82, 2.24) is 20.2 Å². The average molecular weight is 444 g/mol. The van der Waals surface area contributed by atoms with Gasteiger partial charge >= 0.3 is 0 Å². The number of H-pyrrole nitrogens is 1. The van der Waals surface area contributed by atoms with Gasteiger partial charge in [0.25, 0.3) is 0 Å². The molecule has 0 spiro atoms. The van der Waals surface area contributed by atoms with Crippen molar-refractivity contribution in [2.24, 2.45) is 0 Å². The lowest BCUT2D eigenvalue weighted by atomic mass is 10.2. The Morgan fingerprint density at radius 1 is 1.23 bits per heavy atom. The molecule has 3 aromatic rings. The number of hydrogen-bond donors (Lipinski definition) is 3. The minimum Gasteiger partial charge on any atom is -0.388 e. The molecule has 1 aromatic carbocycles. The second kappa shape index (κ2) is 9.52. The summed E-state index contributed by atoms with van der Waals surface area (Å²) in [5.74, 6) is 1.90. The molecule has 2 aromatic heterocycles. The Balaban J connectivity index is 1.74. The maximum absolute atomic E-state index is 14.6. The fraction of sp³-hybridized carbons (Fsp3) is 0.381. The Morgan fingerprint density at radius 3 is 2.68 bits per heavy atom. The topological polar surface area (TPSA) is 91.0 Å². The Kier molecular flexibility index (Phi) is 6.57. The summed E-state index contributed by atoms with van der Waals surface area (Å²) in [5, 5.41) is 13.9. The minimum absolute atomic E-state index is 0.314. The summed E-state index contributed by atoms with van der Waals surface area (Å²) in [6.45, 7) is 6.82. The molecule has 0 saturated carbocycles. The van der Waals surface area contributed by atoms with Crippen LogP contribution in [0.5, 0.6) is 0 Å². The number of aromatic amines is 1. The van der Waals surface area contributed by atoms with Crippen LogP contribution < -0.4 is 15.5 Å². The highest BCUT2D eigenvalue weighted by Gasteiger charge is 2.22. The number of hydrogen-bond acceptors (Lipinski definition) is 8. The fourth-order valence-corrected chi connectivity index (χ4v) is 4.16. The quantitative estimate of drug-likeness (QED) is 0.473. The van der Waals surface area contributed by atoms with Gasteiger partial charge in [0.2, 0.25) is 0 Å². The Bertz CT molecular complexity index is 1050. The Labute approximate surface area is 185 Å². The lowest BCUT2D eigenvalue weighted by Crippen LogP contribution is -2.37. The van der Waals surface area contributed by atoms with Gasteiger partial charge in [-0.15, -0.1) is 0 Å². The van der Waals surface area contributed by atoms with Crippen LogP contribution in [-0.2, 0) is 11.2 Å². The molecule has 3 N–H and O–H groups in total. The molecule has 1 aliphatic rings. The number of benzene rings is 1. The summed E-state index contributed by atoms with van der Waals surface area (Å²) in [5.41, 5.74) is 2.66. The zero-order valence-corrected chi connectivity index (χ0v) is 18.6. The molecule has 0 radical (unpaired) electrons. The van der Waals surface area contributed by atoms with Crippen molar-refractivity contribution in [3.05, 3.63) is 41.3 Å². The zero-order chi connectivity index (χ0) is 21.8. The van der Waals surface area contributed by atoms with E-state index in [1.54, 1.807) is 13.1 Å². The highest BCUT2D eigenvalue weighted by atomic mass is 32.2. The molecule has 31 heavy (non-hydrogen) atoms. The van der Waals surface area contributed by atoms with Crippen LogP contribution in [0.3, 0.4) is 0 Å². The van der Waals surface area contributed by atoms with E-state index in [1.807, 2.05) is 19.1 Å². The van der Waals surface area contributed by atoms with E-state index in [-0.39, 0.29) is 5.82 Å². The summed E-state index contributed by atoms with van der Waals surface area (Å²) in [6.07, 6.45) is 0.745. The van der Waals surface area contributed by atoms with E-state index in [0.717, 1.165) is 42.3 Å². The van der Waals surface area contributed by atoms with Crippen molar-refractivity contribution >= 4 is 34.9 Å². The van der Waals surface area contributed by atoms with Crippen LogP contribution in [0.1, 0.15) is 18.2 Å². The largest absolute Gasteiger partial charge is 0.388 e. The van der Waals surface area contributed by atoms with Gasteiger partial charge in [-0.2, -0.15) is 5.10 Å². The number of aryl methyl sites for hydroxylation is 1. The number of rotatable bonds is 7. The Hall–Kier alpha value is -2.85. The normalized spacial score (nSPS) is 14.0. The van der Waals surface area contributed by atoms with Crippen LogP contribution >= 0.6 is 11.8 Å². The van der Waals surface area contributed by atoms with E-state index >= 15 is 0 Å². The van der Waals surface area contributed by atoms with E-state index in [2.05, 4.69) is 32.7 Å². The number of nitrogens with one attached hydrogen (secondary N) is 3. The molecule has 1 fully saturated rings. The SMILES string of the molecule is CCc1c(Nc2cc(C)[nH]n2)nc(Sc2ccc(NC)cc2F)nc1N1CCOCC1. The summed E-state index contributed by atoms with van der Waals surface area (Å²) < 4.78 is 20.1. The second-order valence-corrected chi connectivity index (χ2v) is 8.18. The lowest BCUT2D eigenvalue weighted by molar-refractivity contribution is 0.122. The van der Waals surface area contributed by atoms with Crippen molar-refractivity contribution in [2.45, 2.75) is 30.3 Å². The molecule has 0 atom stereocenters. The number of morpholine rings is 1. The molecule has 1 saturated heterocycles. The predicted octanol–water partition coefficient (Wildman–Crippen LogP) is 3.98. The van der Waals surface area contributed by atoms with Gasteiger partial charge < -0.3 is 20.3 Å². The van der Waals surface area contributed by atoms with E-state index in [1.165, 1.54) is 17.8 Å². The third kappa shape index (κ3) is 4.91. The van der Waals surface area contributed by atoms with E-state index in [0.29, 0.717) is 34.9 Å². The Morgan fingerprint density at radius 2 is 2.03 bits per heavy atom. The van der Waals surface area contributed by atoms with Crippen molar-refractivity contribution in [3.63, 3.8) is 0 Å². The standard InChI is InChI=1S/C21H26FN7OS/c1-4-15-19(24-18-11-13(2)27-28-18)25-21(26-20(15)29-7-9-30-10-8-29)31-17-6-5-14(23-3)12-16(17)22/h5-6,11-12,23H,4,7-10H2,1-3H3,(H2,24,25,26,27,28). The number of ether oxygens (including phenoxy) is 1. The highest BCUT2D eigenvalue weighted by molar-refractivity contribution is 7.99. The fourth-order valence-electron chi connectivity index (χ4n) is 3.40. The smallest absolute Gasteiger partial charge is 0.196 e. The van der Waals surface area contributed by atoms with Gasteiger partial charge in [0.15, 0.2) is 11.0 Å².